The number of hydrogen-bond donors (Lipinski definition) is 3. The average molecular weight is 328 g/mol. The molecule has 4 atom stereocenters. The van der Waals surface area contributed by atoms with Crippen molar-refractivity contribution in [1.82, 2.24) is 10.2 Å². The number of halogens is 2. The first-order valence-electron chi connectivity index (χ1n) is 7.16. The first kappa shape index (κ1) is 15.1. The zero-order chi connectivity index (χ0) is 13.9. The molecule has 2 aliphatic rings. The van der Waals surface area contributed by atoms with Crippen LogP contribution in [0.2, 0.25) is 5.02 Å². The molecule has 0 bridgehead atoms. The van der Waals surface area contributed by atoms with Gasteiger partial charge in [-0.05, 0) is 55.2 Å². The largest absolute Gasteiger partial charge is 0.385 e. The molecule has 1 heterocycles. The summed E-state index contributed by atoms with van der Waals surface area (Å²) in [5, 5.41) is 19.8. The van der Waals surface area contributed by atoms with E-state index in [1.165, 1.54) is 0 Å². The summed E-state index contributed by atoms with van der Waals surface area (Å²) in [6.07, 6.45) is 5.40. The van der Waals surface area contributed by atoms with Crippen LogP contribution < -0.4 is 5.73 Å². The monoisotopic (exact) mass is 327 g/mol. The standard InChI is InChI=1S/C15H18ClN3O.ClH/c16-10-3-13(12-7-18-19-14(12)4-10)15(20)5-8-1-11(17)2-9(8)6-15;/h3-4,7-9,11,20H,1-2,5-6,17H2,(H,18,19);1H/t8-,9+,11+,15-;. The van der Waals surface area contributed by atoms with E-state index in [1.54, 1.807) is 6.20 Å². The maximum absolute atomic E-state index is 11.2. The van der Waals surface area contributed by atoms with Crippen molar-refractivity contribution >= 4 is 34.9 Å². The van der Waals surface area contributed by atoms with Gasteiger partial charge in [-0.2, -0.15) is 5.10 Å². The fourth-order valence-corrected chi connectivity index (χ4v) is 4.55. The smallest absolute Gasteiger partial charge is 0.0909 e. The first-order valence-corrected chi connectivity index (χ1v) is 7.54. The fraction of sp³-hybridized carbons (Fsp3) is 0.533. The number of aromatic nitrogens is 2. The number of nitrogens with one attached hydrogen (secondary N) is 1. The van der Waals surface area contributed by atoms with Crippen LogP contribution in [-0.4, -0.2) is 21.3 Å². The van der Waals surface area contributed by atoms with E-state index in [1.807, 2.05) is 12.1 Å². The van der Waals surface area contributed by atoms with Crippen molar-refractivity contribution in [2.24, 2.45) is 17.6 Å². The third-order valence-electron chi connectivity index (χ3n) is 5.10. The van der Waals surface area contributed by atoms with Crippen LogP contribution in [0.15, 0.2) is 18.3 Å². The molecule has 0 unspecified atom stereocenters. The van der Waals surface area contributed by atoms with Gasteiger partial charge in [0.05, 0.1) is 17.3 Å². The molecule has 6 heteroatoms. The van der Waals surface area contributed by atoms with Crippen molar-refractivity contribution in [2.45, 2.75) is 37.3 Å². The summed E-state index contributed by atoms with van der Waals surface area (Å²) >= 11 is 6.19. The minimum Gasteiger partial charge on any atom is -0.385 e. The Bertz CT molecular complexity index is 658. The second-order valence-electron chi connectivity index (χ2n) is 6.48. The molecule has 21 heavy (non-hydrogen) atoms. The predicted octanol–water partition coefficient (Wildman–Crippen LogP) is 2.97. The van der Waals surface area contributed by atoms with Gasteiger partial charge in [0.25, 0.3) is 0 Å². The number of benzene rings is 1. The molecule has 1 aromatic carbocycles. The summed E-state index contributed by atoms with van der Waals surface area (Å²) in [6.45, 7) is 0. The predicted molar refractivity (Wildman–Crippen MR) is 85.7 cm³/mol. The van der Waals surface area contributed by atoms with Gasteiger partial charge in [-0.1, -0.05) is 11.6 Å². The second-order valence-corrected chi connectivity index (χ2v) is 6.91. The van der Waals surface area contributed by atoms with E-state index < -0.39 is 5.60 Å². The number of nitrogens with zero attached hydrogens (tertiary/aromatic N) is 1. The van der Waals surface area contributed by atoms with Crippen molar-refractivity contribution in [3.05, 3.63) is 28.9 Å². The molecular formula is C15H19Cl2N3O. The zero-order valence-electron chi connectivity index (χ0n) is 11.6. The van der Waals surface area contributed by atoms with Gasteiger partial charge < -0.3 is 10.8 Å². The lowest BCUT2D eigenvalue weighted by Crippen LogP contribution is -2.25. The third-order valence-corrected chi connectivity index (χ3v) is 5.32. The van der Waals surface area contributed by atoms with E-state index in [0.29, 0.717) is 22.9 Å². The minimum atomic E-state index is -0.789. The normalized spacial score (nSPS) is 34.9. The van der Waals surface area contributed by atoms with Crippen LogP contribution >= 0.6 is 24.0 Å². The molecular weight excluding hydrogens is 309 g/mol. The molecule has 4 nitrogen and oxygen atoms in total. The third kappa shape index (κ3) is 2.34. The summed E-state index contributed by atoms with van der Waals surface area (Å²) in [5.74, 6) is 1.08. The number of aliphatic hydroxyl groups is 1. The topological polar surface area (TPSA) is 74.9 Å². The molecule has 0 saturated heterocycles. The Kier molecular flexibility index (Phi) is 3.69. The van der Waals surface area contributed by atoms with E-state index in [9.17, 15) is 5.11 Å². The Labute approximate surface area is 134 Å². The molecule has 0 radical (unpaired) electrons. The van der Waals surface area contributed by atoms with E-state index in [2.05, 4.69) is 10.2 Å². The Morgan fingerprint density at radius 1 is 1.29 bits per heavy atom. The lowest BCUT2D eigenvalue weighted by Gasteiger charge is -2.26. The van der Waals surface area contributed by atoms with Crippen molar-refractivity contribution in [3.8, 4) is 0 Å². The number of aromatic amines is 1. The maximum Gasteiger partial charge on any atom is 0.0909 e. The van der Waals surface area contributed by atoms with Crippen molar-refractivity contribution < 1.29 is 5.11 Å². The van der Waals surface area contributed by atoms with Gasteiger partial charge in [-0.3, -0.25) is 5.10 Å². The van der Waals surface area contributed by atoms with Crippen LogP contribution in [0.4, 0.5) is 0 Å². The summed E-state index contributed by atoms with van der Waals surface area (Å²) in [5.41, 5.74) is 7.04. The fourth-order valence-electron chi connectivity index (χ4n) is 4.33. The van der Waals surface area contributed by atoms with Gasteiger partial charge in [-0.15, -0.1) is 12.4 Å². The quantitative estimate of drug-likeness (QED) is 0.753. The Morgan fingerprint density at radius 2 is 1.95 bits per heavy atom. The molecule has 2 fully saturated rings. The molecule has 1 aromatic heterocycles. The van der Waals surface area contributed by atoms with Crippen LogP contribution in [0.1, 0.15) is 31.2 Å². The molecule has 4 N–H and O–H groups in total. The highest BCUT2D eigenvalue weighted by molar-refractivity contribution is 6.31. The Morgan fingerprint density at radius 3 is 2.62 bits per heavy atom. The van der Waals surface area contributed by atoms with Gasteiger partial charge in [0.15, 0.2) is 0 Å². The van der Waals surface area contributed by atoms with Crippen LogP contribution in [0.25, 0.3) is 10.9 Å². The van der Waals surface area contributed by atoms with E-state index in [-0.39, 0.29) is 12.4 Å². The molecule has 2 aliphatic carbocycles. The van der Waals surface area contributed by atoms with Crippen LogP contribution in [0.5, 0.6) is 0 Å². The molecule has 2 aromatic rings. The average Bonchev–Trinajstić information content (AvgIpc) is 3.01. The Balaban J connectivity index is 0.00000132. The van der Waals surface area contributed by atoms with Crippen molar-refractivity contribution in [2.75, 3.05) is 0 Å². The lowest BCUT2D eigenvalue weighted by atomic mass is 9.87. The van der Waals surface area contributed by atoms with Gasteiger partial charge in [0.1, 0.15) is 0 Å². The van der Waals surface area contributed by atoms with Gasteiger partial charge in [-0.25, -0.2) is 0 Å². The summed E-state index contributed by atoms with van der Waals surface area (Å²) in [6, 6.07) is 4.05. The lowest BCUT2D eigenvalue weighted by molar-refractivity contribution is 0.0361. The maximum atomic E-state index is 11.2. The van der Waals surface area contributed by atoms with Crippen molar-refractivity contribution in [1.29, 1.82) is 0 Å². The van der Waals surface area contributed by atoms with Crippen LogP contribution in [0, 0.1) is 11.8 Å². The molecule has 114 valence electrons. The summed E-state index contributed by atoms with van der Waals surface area (Å²) < 4.78 is 0. The van der Waals surface area contributed by atoms with E-state index in [0.717, 1.165) is 42.1 Å². The number of nitrogens with two attached hydrogens (primary N) is 1. The highest BCUT2D eigenvalue weighted by Crippen LogP contribution is 2.53. The molecule has 0 spiro atoms. The number of hydrogen-bond acceptors (Lipinski definition) is 3. The molecule has 0 amide bonds. The molecule has 4 rings (SSSR count). The van der Waals surface area contributed by atoms with Crippen LogP contribution in [0.3, 0.4) is 0 Å². The number of rotatable bonds is 1. The van der Waals surface area contributed by atoms with Gasteiger partial charge in [0.2, 0.25) is 0 Å². The summed E-state index contributed by atoms with van der Waals surface area (Å²) in [4.78, 5) is 0. The van der Waals surface area contributed by atoms with Crippen LogP contribution in [-0.2, 0) is 5.60 Å². The number of fused-ring (bicyclic) bond motifs is 2. The highest BCUT2D eigenvalue weighted by atomic mass is 35.5. The minimum absolute atomic E-state index is 0. The van der Waals surface area contributed by atoms with Gasteiger partial charge >= 0.3 is 0 Å². The molecule has 0 aliphatic heterocycles. The second kappa shape index (κ2) is 5.13. The number of H-pyrrole nitrogens is 1. The highest BCUT2D eigenvalue weighted by Gasteiger charge is 2.49. The van der Waals surface area contributed by atoms with E-state index >= 15 is 0 Å². The first-order chi connectivity index (χ1) is 9.55. The van der Waals surface area contributed by atoms with Crippen molar-refractivity contribution in [3.63, 3.8) is 0 Å². The summed E-state index contributed by atoms with van der Waals surface area (Å²) in [7, 11) is 0. The molecule has 2 saturated carbocycles. The Hall–Kier alpha value is -0.810. The zero-order valence-corrected chi connectivity index (χ0v) is 13.1. The van der Waals surface area contributed by atoms with Gasteiger partial charge in [0, 0.05) is 16.5 Å². The van der Waals surface area contributed by atoms with E-state index in [4.69, 9.17) is 17.3 Å². The SMILES string of the molecule is Cl.N[C@H]1C[C@@H]2C[C@](O)(c3cc(Cl)cc4[nH]ncc34)C[C@@H]2C1.